The van der Waals surface area contributed by atoms with Crippen molar-refractivity contribution < 1.29 is 13.7 Å². The summed E-state index contributed by atoms with van der Waals surface area (Å²) in [7, 11) is 0. The van der Waals surface area contributed by atoms with Crippen molar-refractivity contribution in [3.8, 4) is 33.4 Å². The maximum atomic E-state index is 9.26. The van der Waals surface area contributed by atoms with Crippen LogP contribution in [0.4, 0.5) is 0 Å². The summed E-state index contributed by atoms with van der Waals surface area (Å²) in [4.78, 5) is 0. The van der Waals surface area contributed by atoms with Crippen molar-refractivity contribution >= 4 is 43.1 Å². The lowest BCUT2D eigenvalue weighted by molar-refractivity contribution is 1.65. The van der Waals surface area contributed by atoms with E-state index in [1.165, 1.54) is 12.1 Å². The first-order chi connectivity index (χ1) is 24.0. The molecule has 0 heterocycles. The van der Waals surface area contributed by atoms with Gasteiger partial charge in [0.15, 0.2) is 0 Å². The molecule has 40 heavy (non-hydrogen) atoms. The molecule has 0 aliphatic heterocycles. The third kappa shape index (κ3) is 3.54. The minimum Gasteiger partial charge on any atom is -0.0622 e. The smallest absolute Gasteiger partial charge is 0.0622 e. The molecule has 0 aromatic heterocycles. The molecule has 8 aromatic carbocycles. The van der Waals surface area contributed by atoms with E-state index in [1.54, 1.807) is 6.07 Å². The SMILES string of the molecule is [2H]c1ccc(-c2c3c([2H])c([2H])c([2H])c([2H])c3c(-c3cccc4c(-c5ccc6ccccc6c5)cccc34)c3c([2H])c([2H])c([2H])c([2H])c23)cc1[2H]. The predicted octanol–water partition coefficient (Wildman–Crippen LogP) is 11.3. The molecule has 8 rings (SSSR count). The van der Waals surface area contributed by atoms with Crippen molar-refractivity contribution in [2.75, 3.05) is 0 Å². The Morgan fingerprint density at radius 1 is 0.350 bits per heavy atom. The normalized spacial score (nSPS) is 15.0. The standard InChI is InChI=1S/C40H26/c1-2-13-28(14-3-1)39-35-16-6-8-18-37(35)40(38-19-9-7-17-36(38)39)34-23-11-21-32-31(20-10-22-33(32)34)30-25-24-27-12-4-5-15-29(27)26-30/h1-26H/i1D,2D,6D,7D,8D,9D,16D,17D,18D,19D. The summed E-state index contributed by atoms with van der Waals surface area (Å²) >= 11 is 0. The Morgan fingerprint density at radius 3 is 1.68 bits per heavy atom. The van der Waals surface area contributed by atoms with Gasteiger partial charge in [-0.2, -0.15) is 0 Å². The largest absolute Gasteiger partial charge is 0.0629 e. The molecule has 0 N–H and O–H groups in total. The van der Waals surface area contributed by atoms with Gasteiger partial charge in [0, 0.05) is 0 Å². The van der Waals surface area contributed by atoms with E-state index in [0.717, 1.165) is 32.7 Å². The predicted molar refractivity (Wildman–Crippen MR) is 173 cm³/mol. The first-order valence-electron chi connectivity index (χ1n) is 18.0. The summed E-state index contributed by atoms with van der Waals surface area (Å²) in [6.07, 6.45) is 0. The number of hydrogen-bond acceptors (Lipinski definition) is 0. The van der Waals surface area contributed by atoms with E-state index in [4.69, 9.17) is 8.22 Å². The molecule has 0 radical (unpaired) electrons. The molecule has 0 atom stereocenters. The average Bonchev–Trinajstić information content (AvgIpc) is 3.13. The van der Waals surface area contributed by atoms with Crippen molar-refractivity contribution in [3.05, 3.63) is 157 Å². The van der Waals surface area contributed by atoms with Crippen molar-refractivity contribution in [1.29, 1.82) is 0 Å². The number of fused-ring (bicyclic) bond motifs is 4. The Labute approximate surface area is 247 Å². The average molecular weight is 517 g/mol. The molecule has 0 aliphatic carbocycles. The minimum atomic E-state index is -0.491. The molecule has 0 unspecified atom stereocenters. The fourth-order valence-corrected chi connectivity index (χ4v) is 5.82. The van der Waals surface area contributed by atoms with Gasteiger partial charge in [-0.15, -0.1) is 0 Å². The van der Waals surface area contributed by atoms with Gasteiger partial charge in [-0.25, -0.2) is 0 Å². The van der Waals surface area contributed by atoms with Crippen molar-refractivity contribution in [2.24, 2.45) is 0 Å². The second-order valence-electron chi connectivity index (χ2n) is 9.74. The van der Waals surface area contributed by atoms with Crippen LogP contribution in [-0.2, 0) is 0 Å². The monoisotopic (exact) mass is 516 g/mol. The molecule has 0 fully saturated rings. The first-order valence-corrected chi connectivity index (χ1v) is 13.0. The Balaban J connectivity index is 1.60. The van der Waals surface area contributed by atoms with Crippen LogP contribution in [0.25, 0.3) is 76.5 Å². The van der Waals surface area contributed by atoms with Crippen LogP contribution >= 0.6 is 0 Å². The summed E-state index contributed by atoms with van der Waals surface area (Å²) in [6, 6.07) is 26.6. The third-order valence-corrected chi connectivity index (χ3v) is 7.57. The second-order valence-corrected chi connectivity index (χ2v) is 9.74. The van der Waals surface area contributed by atoms with E-state index in [0.29, 0.717) is 11.1 Å². The Kier molecular flexibility index (Phi) is 3.42. The van der Waals surface area contributed by atoms with Gasteiger partial charge in [0.2, 0.25) is 0 Å². The van der Waals surface area contributed by atoms with Gasteiger partial charge in [-0.1, -0.05) is 151 Å². The highest BCUT2D eigenvalue weighted by molar-refractivity contribution is 6.24. The molecule has 0 spiro atoms. The van der Waals surface area contributed by atoms with Crippen LogP contribution < -0.4 is 0 Å². The number of hydrogen-bond donors (Lipinski definition) is 0. The van der Waals surface area contributed by atoms with Gasteiger partial charge in [-0.05, 0) is 82.5 Å². The van der Waals surface area contributed by atoms with Crippen molar-refractivity contribution in [1.82, 2.24) is 0 Å². The Hall–Kier alpha value is -5.20. The Bertz CT molecular complexity index is 2690. The van der Waals surface area contributed by atoms with Crippen LogP contribution in [0.1, 0.15) is 13.7 Å². The van der Waals surface area contributed by atoms with Gasteiger partial charge in [0.05, 0.1) is 13.7 Å². The van der Waals surface area contributed by atoms with Crippen LogP contribution in [0.5, 0.6) is 0 Å². The van der Waals surface area contributed by atoms with Gasteiger partial charge in [-0.3, -0.25) is 0 Å². The molecule has 0 amide bonds. The first kappa shape index (κ1) is 14.8. The third-order valence-electron chi connectivity index (χ3n) is 7.57. The van der Waals surface area contributed by atoms with Gasteiger partial charge < -0.3 is 0 Å². The zero-order valence-corrected chi connectivity index (χ0v) is 21.2. The van der Waals surface area contributed by atoms with E-state index >= 15 is 0 Å². The molecule has 186 valence electrons. The molecule has 8 aromatic rings. The molecule has 0 nitrogen and oxygen atoms in total. The maximum Gasteiger partial charge on any atom is 0.0629 e. The lowest BCUT2D eigenvalue weighted by Gasteiger charge is -2.19. The molecule has 0 heteroatoms. The highest BCUT2D eigenvalue weighted by Crippen LogP contribution is 2.46. The maximum absolute atomic E-state index is 9.26. The number of benzene rings is 8. The van der Waals surface area contributed by atoms with E-state index < -0.39 is 24.2 Å². The zero-order chi connectivity index (χ0) is 35.2. The summed E-state index contributed by atoms with van der Waals surface area (Å²) in [6.45, 7) is 0. The fourth-order valence-electron chi connectivity index (χ4n) is 5.82. The summed E-state index contributed by atoms with van der Waals surface area (Å²) in [5.74, 6) is 0. The molecule has 0 aliphatic rings. The Morgan fingerprint density at radius 2 is 0.975 bits per heavy atom. The van der Waals surface area contributed by atoms with Gasteiger partial charge >= 0.3 is 0 Å². The van der Waals surface area contributed by atoms with Crippen LogP contribution in [0.3, 0.4) is 0 Å². The zero-order valence-electron chi connectivity index (χ0n) is 31.2. The van der Waals surface area contributed by atoms with Crippen LogP contribution in [0.2, 0.25) is 0 Å². The highest BCUT2D eigenvalue weighted by Gasteiger charge is 2.18. The summed E-state index contributed by atoms with van der Waals surface area (Å²) in [5, 5.41) is 4.13. The second kappa shape index (κ2) is 9.22. The molecular formula is C40H26. The molecule has 0 bridgehead atoms. The van der Waals surface area contributed by atoms with E-state index in [1.807, 2.05) is 48.5 Å². The summed E-state index contributed by atoms with van der Waals surface area (Å²) < 4.78 is 88.1. The highest BCUT2D eigenvalue weighted by atomic mass is 14.2. The minimum absolute atomic E-state index is 0.0549. The lowest BCUT2D eigenvalue weighted by atomic mass is 9.84. The van der Waals surface area contributed by atoms with Crippen molar-refractivity contribution in [2.45, 2.75) is 0 Å². The quantitative estimate of drug-likeness (QED) is 0.205. The topological polar surface area (TPSA) is 0 Å². The van der Waals surface area contributed by atoms with Gasteiger partial charge in [0.1, 0.15) is 0 Å². The number of rotatable bonds is 3. The van der Waals surface area contributed by atoms with E-state index in [9.17, 15) is 5.48 Å². The molecule has 0 saturated heterocycles. The van der Waals surface area contributed by atoms with Crippen LogP contribution in [0.15, 0.2) is 157 Å². The van der Waals surface area contributed by atoms with Crippen LogP contribution in [0, 0.1) is 0 Å². The van der Waals surface area contributed by atoms with E-state index in [-0.39, 0.29) is 68.9 Å². The fraction of sp³-hybridized carbons (Fsp3) is 0. The van der Waals surface area contributed by atoms with E-state index in [2.05, 4.69) is 30.3 Å². The van der Waals surface area contributed by atoms with Crippen LogP contribution in [-0.4, -0.2) is 0 Å². The van der Waals surface area contributed by atoms with Gasteiger partial charge in [0.25, 0.3) is 0 Å². The molecule has 0 saturated carbocycles. The summed E-state index contributed by atoms with van der Waals surface area (Å²) in [5.41, 5.74) is 3.18. The lowest BCUT2D eigenvalue weighted by Crippen LogP contribution is -1.92. The molecular weight excluding hydrogens is 480 g/mol. The van der Waals surface area contributed by atoms with Crippen molar-refractivity contribution in [3.63, 3.8) is 0 Å².